The first-order valence-corrected chi connectivity index (χ1v) is 7.75. The number of hydrogen-bond donors (Lipinski definition) is 1. The highest BCUT2D eigenvalue weighted by atomic mass is 16.4. The minimum Gasteiger partial charge on any atom is -0.480 e. The molecular formula is C17H21NO3. The molecule has 1 N–H and O–H groups in total. The highest BCUT2D eigenvalue weighted by Gasteiger charge is 2.38. The lowest BCUT2D eigenvalue weighted by molar-refractivity contribution is -0.141. The lowest BCUT2D eigenvalue weighted by atomic mass is 9.90. The zero-order valence-electron chi connectivity index (χ0n) is 12.3. The van der Waals surface area contributed by atoms with Crippen LogP contribution in [0.1, 0.15) is 54.1 Å². The van der Waals surface area contributed by atoms with Gasteiger partial charge < -0.3 is 10.0 Å². The number of carboxylic acid groups (broad SMARTS) is 1. The van der Waals surface area contributed by atoms with Crippen LogP contribution in [0.2, 0.25) is 0 Å². The average Bonchev–Trinajstić information content (AvgIpc) is 3.31. The maximum absolute atomic E-state index is 12.7. The zero-order valence-corrected chi connectivity index (χ0v) is 12.3. The molecule has 1 atom stereocenters. The molecule has 4 nitrogen and oxygen atoms in total. The van der Waals surface area contributed by atoms with Crippen molar-refractivity contribution in [1.29, 1.82) is 0 Å². The zero-order chi connectivity index (χ0) is 15.0. The summed E-state index contributed by atoms with van der Waals surface area (Å²) in [7, 11) is 0. The van der Waals surface area contributed by atoms with Crippen LogP contribution in [0.25, 0.3) is 0 Å². The Kier molecular flexibility index (Phi) is 3.70. The van der Waals surface area contributed by atoms with Gasteiger partial charge in [-0.25, -0.2) is 4.79 Å². The van der Waals surface area contributed by atoms with E-state index in [9.17, 15) is 14.7 Å². The van der Waals surface area contributed by atoms with E-state index in [-0.39, 0.29) is 11.9 Å². The predicted octanol–water partition coefficient (Wildman–Crippen LogP) is 2.64. The van der Waals surface area contributed by atoms with Crippen LogP contribution in [0.3, 0.4) is 0 Å². The Bertz CT molecular complexity index is 577. The van der Waals surface area contributed by atoms with Gasteiger partial charge in [-0.1, -0.05) is 6.07 Å². The molecule has 0 aliphatic heterocycles. The predicted molar refractivity (Wildman–Crippen MR) is 79.4 cm³/mol. The van der Waals surface area contributed by atoms with E-state index < -0.39 is 12.0 Å². The second-order valence-corrected chi connectivity index (χ2v) is 6.15. The lowest BCUT2D eigenvalue weighted by Gasteiger charge is -2.27. The third kappa shape index (κ3) is 2.80. The number of rotatable bonds is 4. The van der Waals surface area contributed by atoms with Gasteiger partial charge in [0.2, 0.25) is 0 Å². The molecule has 1 aromatic rings. The Balaban J connectivity index is 1.87. The second-order valence-electron chi connectivity index (χ2n) is 6.15. The third-order valence-electron chi connectivity index (χ3n) is 4.54. The topological polar surface area (TPSA) is 57.6 Å². The van der Waals surface area contributed by atoms with Crippen molar-refractivity contribution in [3.05, 3.63) is 34.9 Å². The molecule has 0 aromatic heterocycles. The summed E-state index contributed by atoms with van der Waals surface area (Å²) in [5.41, 5.74) is 3.23. The van der Waals surface area contributed by atoms with Crippen molar-refractivity contribution in [2.75, 3.05) is 0 Å². The smallest absolute Gasteiger partial charge is 0.326 e. The number of aryl methyl sites for hydroxylation is 2. The van der Waals surface area contributed by atoms with Gasteiger partial charge in [0, 0.05) is 11.6 Å². The number of benzene rings is 1. The molecule has 4 heteroatoms. The first-order chi connectivity index (χ1) is 10.1. The summed E-state index contributed by atoms with van der Waals surface area (Å²) in [5, 5.41) is 9.22. The minimum absolute atomic E-state index is 0.0969. The fraction of sp³-hybridized carbons (Fsp3) is 0.529. The molecule has 112 valence electrons. The van der Waals surface area contributed by atoms with Crippen LogP contribution in [0.5, 0.6) is 0 Å². The van der Waals surface area contributed by atoms with E-state index in [0.29, 0.717) is 5.56 Å². The molecule has 3 rings (SSSR count). The first-order valence-electron chi connectivity index (χ1n) is 7.75. The van der Waals surface area contributed by atoms with Crippen LogP contribution in [0.15, 0.2) is 18.2 Å². The van der Waals surface area contributed by atoms with Gasteiger partial charge in [0.25, 0.3) is 5.91 Å². The van der Waals surface area contributed by atoms with Crippen molar-refractivity contribution in [3.63, 3.8) is 0 Å². The van der Waals surface area contributed by atoms with E-state index in [4.69, 9.17) is 0 Å². The van der Waals surface area contributed by atoms with E-state index in [2.05, 4.69) is 0 Å². The molecule has 1 unspecified atom stereocenters. The highest BCUT2D eigenvalue weighted by molar-refractivity contribution is 5.97. The SMILES string of the molecule is CC(C(=O)O)N(C(=O)c1ccc2c(c1)CCCC2)C1CC1. The quantitative estimate of drug-likeness (QED) is 0.926. The number of nitrogens with zero attached hydrogens (tertiary/aromatic N) is 1. The van der Waals surface area contributed by atoms with Gasteiger partial charge in [-0.2, -0.15) is 0 Å². The maximum atomic E-state index is 12.7. The number of hydrogen-bond acceptors (Lipinski definition) is 2. The third-order valence-corrected chi connectivity index (χ3v) is 4.54. The standard InChI is InChI=1S/C17H21NO3/c1-11(17(20)21)18(15-8-9-15)16(19)14-7-6-12-4-2-3-5-13(12)10-14/h6-7,10-11,15H,2-5,8-9H2,1H3,(H,20,21). The van der Waals surface area contributed by atoms with E-state index in [1.807, 2.05) is 18.2 Å². The Labute approximate surface area is 124 Å². The second kappa shape index (κ2) is 5.51. The van der Waals surface area contributed by atoms with Gasteiger partial charge in [-0.15, -0.1) is 0 Å². The highest BCUT2D eigenvalue weighted by Crippen LogP contribution is 2.31. The summed E-state index contributed by atoms with van der Waals surface area (Å²) in [6.45, 7) is 1.59. The fourth-order valence-electron chi connectivity index (χ4n) is 3.15. The molecule has 0 heterocycles. The molecule has 0 radical (unpaired) electrons. The Hall–Kier alpha value is -1.84. The number of carbonyl (C=O) groups is 2. The monoisotopic (exact) mass is 287 g/mol. The number of carbonyl (C=O) groups excluding carboxylic acids is 1. The molecule has 0 saturated heterocycles. The number of carboxylic acids is 1. The molecule has 2 aliphatic carbocycles. The normalized spacial score (nSPS) is 18.7. The summed E-state index contributed by atoms with van der Waals surface area (Å²) in [5.74, 6) is -1.08. The van der Waals surface area contributed by atoms with Crippen molar-refractivity contribution in [3.8, 4) is 0 Å². The average molecular weight is 287 g/mol. The summed E-state index contributed by atoms with van der Waals surface area (Å²) >= 11 is 0. The van der Waals surface area contributed by atoms with Gasteiger partial charge in [0.1, 0.15) is 6.04 Å². The molecular weight excluding hydrogens is 266 g/mol. The number of fused-ring (bicyclic) bond motifs is 1. The fourth-order valence-corrected chi connectivity index (χ4v) is 3.15. The van der Waals surface area contributed by atoms with Crippen molar-refractivity contribution in [2.45, 2.75) is 57.5 Å². The van der Waals surface area contributed by atoms with Gasteiger partial charge in [0.05, 0.1) is 0 Å². The molecule has 0 spiro atoms. The van der Waals surface area contributed by atoms with Gasteiger partial charge >= 0.3 is 5.97 Å². The van der Waals surface area contributed by atoms with E-state index in [1.165, 1.54) is 24.0 Å². The van der Waals surface area contributed by atoms with Gasteiger partial charge in [-0.3, -0.25) is 4.79 Å². The van der Waals surface area contributed by atoms with Crippen LogP contribution in [0, 0.1) is 0 Å². The van der Waals surface area contributed by atoms with Crippen LogP contribution in [-0.2, 0) is 17.6 Å². The molecule has 1 saturated carbocycles. The van der Waals surface area contributed by atoms with Gasteiger partial charge in [-0.05, 0) is 68.7 Å². The molecule has 21 heavy (non-hydrogen) atoms. The largest absolute Gasteiger partial charge is 0.480 e. The molecule has 1 fully saturated rings. The van der Waals surface area contributed by atoms with E-state index in [1.54, 1.807) is 11.8 Å². The van der Waals surface area contributed by atoms with Crippen molar-refractivity contribution < 1.29 is 14.7 Å². The first kappa shape index (κ1) is 14.1. The minimum atomic E-state index is -0.937. The number of aliphatic carboxylic acids is 1. The molecule has 2 aliphatic rings. The van der Waals surface area contributed by atoms with Crippen LogP contribution in [-0.4, -0.2) is 34.0 Å². The van der Waals surface area contributed by atoms with Crippen LogP contribution < -0.4 is 0 Å². The molecule has 0 bridgehead atoms. The Morgan fingerprint density at radius 2 is 1.86 bits per heavy atom. The maximum Gasteiger partial charge on any atom is 0.326 e. The number of amides is 1. The Morgan fingerprint density at radius 1 is 1.19 bits per heavy atom. The lowest BCUT2D eigenvalue weighted by Crippen LogP contribution is -2.44. The summed E-state index contributed by atoms with van der Waals surface area (Å²) in [4.78, 5) is 25.5. The molecule has 1 aromatic carbocycles. The van der Waals surface area contributed by atoms with Gasteiger partial charge in [0.15, 0.2) is 0 Å². The van der Waals surface area contributed by atoms with Crippen molar-refractivity contribution in [1.82, 2.24) is 4.90 Å². The van der Waals surface area contributed by atoms with Crippen LogP contribution >= 0.6 is 0 Å². The van der Waals surface area contributed by atoms with E-state index in [0.717, 1.165) is 25.7 Å². The molecule has 1 amide bonds. The van der Waals surface area contributed by atoms with Crippen molar-refractivity contribution in [2.24, 2.45) is 0 Å². The summed E-state index contributed by atoms with van der Waals surface area (Å²) in [6.07, 6.45) is 6.31. The van der Waals surface area contributed by atoms with Crippen LogP contribution in [0.4, 0.5) is 0 Å². The summed E-state index contributed by atoms with van der Waals surface area (Å²) < 4.78 is 0. The van der Waals surface area contributed by atoms with E-state index >= 15 is 0 Å². The van der Waals surface area contributed by atoms with Crippen molar-refractivity contribution >= 4 is 11.9 Å². The Morgan fingerprint density at radius 3 is 2.48 bits per heavy atom. The summed E-state index contributed by atoms with van der Waals surface area (Å²) in [6, 6.07) is 5.20.